The molecule has 5 nitrogen and oxygen atoms in total. The van der Waals surface area contributed by atoms with E-state index in [-0.39, 0.29) is 0 Å². The zero-order valence-electron chi connectivity index (χ0n) is 14.8. The molecule has 25 heavy (non-hydrogen) atoms. The largest absolute Gasteiger partial charge is 0.380 e. The van der Waals surface area contributed by atoms with Crippen molar-refractivity contribution in [3.8, 4) is 0 Å². The highest BCUT2D eigenvalue weighted by molar-refractivity contribution is 5.33. The number of ether oxygens (including phenoxy) is 2. The molecule has 4 rings (SSSR count). The fraction of sp³-hybridized carbons (Fsp3) is 0.500. The Labute approximate surface area is 149 Å². The highest BCUT2D eigenvalue weighted by Crippen LogP contribution is 2.25. The Bertz CT molecular complexity index is 729. The molecule has 1 atom stereocenters. The smallest absolute Gasteiger partial charge is 0.0892 e. The molecule has 2 aliphatic rings. The van der Waals surface area contributed by atoms with Gasteiger partial charge in [-0.05, 0) is 48.6 Å². The Kier molecular flexibility index (Phi) is 5.06. The monoisotopic (exact) mass is 339 g/mol. The third kappa shape index (κ3) is 3.89. The summed E-state index contributed by atoms with van der Waals surface area (Å²) in [6.45, 7) is 6.97. The van der Waals surface area contributed by atoms with Crippen molar-refractivity contribution >= 4 is 0 Å². The van der Waals surface area contributed by atoms with E-state index in [1.54, 1.807) is 0 Å². The van der Waals surface area contributed by atoms with Crippen molar-refractivity contribution in [1.82, 2.24) is 14.9 Å². The third-order valence-corrected chi connectivity index (χ3v) is 5.13. The summed E-state index contributed by atoms with van der Waals surface area (Å²) in [7, 11) is 0. The maximum absolute atomic E-state index is 5.92. The summed E-state index contributed by atoms with van der Waals surface area (Å²) < 4.78 is 11.5. The van der Waals surface area contributed by atoms with Crippen LogP contribution in [-0.2, 0) is 35.7 Å². The average Bonchev–Trinajstić information content (AvgIpc) is 3.16. The number of aryl methyl sites for hydroxylation is 1. The summed E-state index contributed by atoms with van der Waals surface area (Å²) in [5.41, 5.74) is 5.98. The predicted octanol–water partition coefficient (Wildman–Crippen LogP) is 2.65. The van der Waals surface area contributed by atoms with Gasteiger partial charge in [-0.15, -0.1) is 0 Å². The van der Waals surface area contributed by atoms with Crippen LogP contribution in [0.15, 0.2) is 30.6 Å². The molecule has 0 bridgehead atoms. The van der Waals surface area contributed by atoms with Crippen LogP contribution in [0.25, 0.3) is 0 Å². The number of hydrogen-bond donors (Lipinski definition) is 0. The molecule has 2 aromatic rings. The van der Waals surface area contributed by atoms with Crippen LogP contribution in [0.3, 0.4) is 0 Å². The Balaban J connectivity index is 1.39. The molecule has 5 heteroatoms. The predicted molar refractivity (Wildman–Crippen MR) is 95.0 cm³/mol. The average molecular weight is 339 g/mol. The van der Waals surface area contributed by atoms with E-state index >= 15 is 0 Å². The fourth-order valence-electron chi connectivity index (χ4n) is 3.78. The topological polar surface area (TPSA) is 47.5 Å². The van der Waals surface area contributed by atoms with Gasteiger partial charge in [0.2, 0.25) is 0 Å². The Morgan fingerprint density at radius 1 is 1.28 bits per heavy atom. The highest BCUT2D eigenvalue weighted by Gasteiger charge is 2.27. The first-order valence-electron chi connectivity index (χ1n) is 9.06. The van der Waals surface area contributed by atoms with E-state index in [0.717, 1.165) is 50.5 Å². The second kappa shape index (κ2) is 7.60. The van der Waals surface area contributed by atoms with Gasteiger partial charge in [-0.25, -0.2) is 0 Å². The Morgan fingerprint density at radius 3 is 3.08 bits per heavy atom. The summed E-state index contributed by atoms with van der Waals surface area (Å²) in [4.78, 5) is 11.5. The summed E-state index contributed by atoms with van der Waals surface area (Å²) in [5, 5.41) is 0. The van der Waals surface area contributed by atoms with Gasteiger partial charge in [-0.2, -0.15) is 0 Å². The van der Waals surface area contributed by atoms with Gasteiger partial charge in [0.25, 0.3) is 0 Å². The quantitative estimate of drug-likeness (QED) is 0.838. The second-order valence-corrected chi connectivity index (χ2v) is 6.94. The maximum atomic E-state index is 5.92. The Morgan fingerprint density at radius 2 is 2.24 bits per heavy atom. The maximum Gasteiger partial charge on any atom is 0.0892 e. The summed E-state index contributed by atoms with van der Waals surface area (Å²) in [6.07, 6.45) is 6.19. The Hall–Kier alpha value is -1.82. The van der Waals surface area contributed by atoms with Crippen molar-refractivity contribution < 1.29 is 9.47 Å². The molecular formula is C20H25N3O2. The van der Waals surface area contributed by atoms with Crippen LogP contribution in [0.1, 0.15) is 34.5 Å². The van der Waals surface area contributed by atoms with Crippen LogP contribution in [0.5, 0.6) is 0 Å². The van der Waals surface area contributed by atoms with Crippen LogP contribution in [0.4, 0.5) is 0 Å². The zero-order chi connectivity index (χ0) is 17.1. The fourth-order valence-corrected chi connectivity index (χ4v) is 3.78. The van der Waals surface area contributed by atoms with Gasteiger partial charge >= 0.3 is 0 Å². The van der Waals surface area contributed by atoms with Gasteiger partial charge in [-0.1, -0.05) is 6.07 Å². The molecule has 0 N–H and O–H groups in total. The van der Waals surface area contributed by atoms with E-state index in [1.807, 2.05) is 37.5 Å². The van der Waals surface area contributed by atoms with Crippen molar-refractivity contribution in [1.29, 1.82) is 0 Å². The summed E-state index contributed by atoms with van der Waals surface area (Å²) in [6, 6.07) is 6.60. The van der Waals surface area contributed by atoms with Gasteiger partial charge in [0.15, 0.2) is 0 Å². The first kappa shape index (κ1) is 16.6. The highest BCUT2D eigenvalue weighted by atomic mass is 16.5. The lowest BCUT2D eigenvalue weighted by Gasteiger charge is -2.33. The van der Waals surface area contributed by atoms with Crippen LogP contribution in [0, 0.1) is 6.92 Å². The molecule has 2 aliphatic heterocycles. The second-order valence-electron chi connectivity index (χ2n) is 6.94. The minimum atomic E-state index is 0.539. The molecule has 0 saturated carbocycles. The minimum absolute atomic E-state index is 0.539. The van der Waals surface area contributed by atoms with Gasteiger partial charge in [0.1, 0.15) is 0 Å². The van der Waals surface area contributed by atoms with Crippen LogP contribution in [0.2, 0.25) is 0 Å². The number of aromatic nitrogens is 2. The molecule has 132 valence electrons. The minimum Gasteiger partial charge on any atom is -0.380 e. The van der Waals surface area contributed by atoms with Crippen LogP contribution < -0.4 is 0 Å². The molecule has 4 heterocycles. The number of hydrogen-bond acceptors (Lipinski definition) is 5. The van der Waals surface area contributed by atoms with Gasteiger partial charge < -0.3 is 9.47 Å². The van der Waals surface area contributed by atoms with Crippen LogP contribution in [-0.4, -0.2) is 40.7 Å². The van der Waals surface area contributed by atoms with E-state index in [2.05, 4.69) is 14.9 Å². The van der Waals surface area contributed by atoms with Crippen molar-refractivity contribution in [3.63, 3.8) is 0 Å². The number of nitrogens with zero attached hydrogens (tertiary/aromatic N) is 3. The molecule has 0 aliphatic carbocycles. The number of pyridine rings is 2. The summed E-state index contributed by atoms with van der Waals surface area (Å²) >= 11 is 0. The van der Waals surface area contributed by atoms with E-state index in [4.69, 9.17) is 9.47 Å². The first-order chi connectivity index (χ1) is 12.3. The number of rotatable bonds is 5. The molecule has 2 aromatic heterocycles. The lowest BCUT2D eigenvalue weighted by Crippen LogP contribution is -2.40. The van der Waals surface area contributed by atoms with Crippen molar-refractivity contribution in [2.75, 3.05) is 19.8 Å². The van der Waals surface area contributed by atoms with E-state index in [1.165, 1.54) is 16.7 Å². The van der Waals surface area contributed by atoms with E-state index < -0.39 is 0 Å². The zero-order valence-corrected chi connectivity index (χ0v) is 14.8. The molecule has 0 aromatic carbocycles. The van der Waals surface area contributed by atoms with Gasteiger partial charge in [0, 0.05) is 43.8 Å². The SMILES string of the molecule is Cc1cccc(COCc2cncc3c2CCN([C@@H]2CCOC2)C3)n1. The normalized spacial score (nSPS) is 20.6. The van der Waals surface area contributed by atoms with E-state index in [0.29, 0.717) is 19.3 Å². The molecule has 1 saturated heterocycles. The standard InChI is InChI=1S/C20H25N3O2/c1-15-3-2-4-18(22-15)13-25-12-17-10-21-9-16-11-23(7-5-20(16)17)19-6-8-24-14-19/h2-4,9-10,19H,5-8,11-14H2,1H3/t19-/m1/s1. The van der Waals surface area contributed by atoms with Crippen molar-refractivity contribution in [2.45, 2.75) is 45.6 Å². The van der Waals surface area contributed by atoms with E-state index in [9.17, 15) is 0 Å². The molecule has 0 amide bonds. The number of fused-ring (bicyclic) bond motifs is 1. The molecule has 1 fully saturated rings. The van der Waals surface area contributed by atoms with Crippen LogP contribution >= 0.6 is 0 Å². The molecule has 0 unspecified atom stereocenters. The lowest BCUT2D eigenvalue weighted by molar-refractivity contribution is 0.102. The van der Waals surface area contributed by atoms with Crippen molar-refractivity contribution in [3.05, 3.63) is 58.7 Å². The van der Waals surface area contributed by atoms with Gasteiger partial charge in [-0.3, -0.25) is 14.9 Å². The molecule has 0 spiro atoms. The van der Waals surface area contributed by atoms with Crippen molar-refractivity contribution in [2.24, 2.45) is 0 Å². The molecule has 0 radical (unpaired) electrons. The first-order valence-corrected chi connectivity index (χ1v) is 9.06. The third-order valence-electron chi connectivity index (χ3n) is 5.13. The van der Waals surface area contributed by atoms with Gasteiger partial charge in [0.05, 0.1) is 25.5 Å². The summed E-state index contributed by atoms with van der Waals surface area (Å²) in [5.74, 6) is 0. The lowest BCUT2D eigenvalue weighted by atomic mass is 9.96. The molecular weight excluding hydrogens is 314 g/mol.